The molecule has 1 aromatic heterocycles. The first kappa shape index (κ1) is 19.1. The highest BCUT2D eigenvalue weighted by Crippen LogP contribution is 2.27. The predicted octanol–water partition coefficient (Wildman–Crippen LogP) is 2.23. The second kappa shape index (κ2) is 8.81. The Labute approximate surface area is 162 Å². The fourth-order valence-electron chi connectivity index (χ4n) is 3.12. The highest BCUT2D eigenvalue weighted by molar-refractivity contribution is 7.12. The van der Waals surface area contributed by atoms with Crippen LogP contribution in [-0.2, 0) is 9.59 Å². The van der Waals surface area contributed by atoms with Gasteiger partial charge in [-0.1, -0.05) is 30.3 Å². The number of rotatable bonds is 5. The number of thiophene rings is 1. The molecule has 0 atom stereocenters. The minimum absolute atomic E-state index is 0.00737. The van der Waals surface area contributed by atoms with Crippen LogP contribution in [0.2, 0.25) is 0 Å². The molecule has 6 nitrogen and oxygen atoms in total. The molecular weight excluding hydrogens is 362 g/mol. The Balaban J connectivity index is 1.49. The van der Waals surface area contributed by atoms with E-state index in [2.05, 4.69) is 5.32 Å². The molecule has 2 heterocycles. The third-order valence-corrected chi connectivity index (χ3v) is 5.57. The van der Waals surface area contributed by atoms with Crippen molar-refractivity contribution in [3.8, 4) is 11.1 Å². The smallest absolute Gasteiger partial charge is 0.262 e. The van der Waals surface area contributed by atoms with Gasteiger partial charge in [-0.3, -0.25) is 14.4 Å². The van der Waals surface area contributed by atoms with E-state index < -0.39 is 0 Å². The van der Waals surface area contributed by atoms with Crippen molar-refractivity contribution in [1.29, 1.82) is 0 Å². The molecule has 1 fully saturated rings. The van der Waals surface area contributed by atoms with Crippen LogP contribution in [-0.4, -0.2) is 60.2 Å². The Bertz CT molecular complexity index is 811. The third-order valence-electron chi connectivity index (χ3n) is 4.66. The summed E-state index contributed by atoms with van der Waals surface area (Å²) in [5, 5.41) is 4.75. The number of carbonyl (C=O) groups excluding carboxylic acids is 3. The van der Waals surface area contributed by atoms with Crippen molar-refractivity contribution >= 4 is 29.1 Å². The molecule has 0 spiro atoms. The van der Waals surface area contributed by atoms with Gasteiger partial charge in [-0.15, -0.1) is 11.3 Å². The largest absolute Gasteiger partial charge is 0.351 e. The molecule has 3 amide bonds. The van der Waals surface area contributed by atoms with Crippen molar-refractivity contribution in [2.75, 3.05) is 32.7 Å². The third kappa shape index (κ3) is 4.74. The number of nitrogens with one attached hydrogen (secondary N) is 1. The van der Waals surface area contributed by atoms with Gasteiger partial charge in [0.05, 0.1) is 4.88 Å². The molecule has 1 aromatic carbocycles. The average molecular weight is 385 g/mol. The highest BCUT2D eigenvalue weighted by atomic mass is 32.1. The van der Waals surface area contributed by atoms with E-state index in [1.807, 2.05) is 41.8 Å². The van der Waals surface area contributed by atoms with Crippen LogP contribution in [0.5, 0.6) is 0 Å². The number of hydrogen-bond acceptors (Lipinski definition) is 4. The van der Waals surface area contributed by atoms with Gasteiger partial charge in [0.1, 0.15) is 0 Å². The van der Waals surface area contributed by atoms with Crippen LogP contribution < -0.4 is 5.32 Å². The predicted molar refractivity (Wildman–Crippen MR) is 106 cm³/mol. The van der Waals surface area contributed by atoms with Crippen molar-refractivity contribution in [3.63, 3.8) is 0 Å². The van der Waals surface area contributed by atoms with Gasteiger partial charge < -0.3 is 15.1 Å². The SMILES string of the molecule is CC(=O)N1CCN(C(=O)CCNC(=O)c2sccc2-c2ccccc2)CC1. The van der Waals surface area contributed by atoms with Crippen LogP contribution in [0.1, 0.15) is 23.0 Å². The topological polar surface area (TPSA) is 69.7 Å². The minimum Gasteiger partial charge on any atom is -0.351 e. The molecule has 0 bridgehead atoms. The Morgan fingerprint density at radius 2 is 1.67 bits per heavy atom. The van der Waals surface area contributed by atoms with Crippen molar-refractivity contribution in [1.82, 2.24) is 15.1 Å². The summed E-state index contributed by atoms with van der Waals surface area (Å²) in [6.45, 7) is 4.09. The Hall–Kier alpha value is -2.67. The Kier molecular flexibility index (Phi) is 6.24. The summed E-state index contributed by atoms with van der Waals surface area (Å²) in [7, 11) is 0. The molecule has 0 aliphatic carbocycles. The summed E-state index contributed by atoms with van der Waals surface area (Å²) in [6.07, 6.45) is 0.262. The molecule has 1 aliphatic heterocycles. The number of hydrogen-bond donors (Lipinski definition) is 1. The first-order valence-corrected chi connectivity index (χ1v) is 9.88. The molecular formula is C20H23N3O3S. The second-order valence-corrected chi connectivity index (χ2v) is 7.34. The van der Waals surface area contributed by atoms with E-state index >= 15 is 0 Å². The van der Waals surface area contributed by atoms with Gasteiger partial charge in [0, 0.05) is 51.6 Å². The minimum atomic E-state index is -0.155. The quantitative estimate of drug-likeness (QED) is 0.858. The summed E-state index contributed by atoms with van der Waals surface area (Å²) in [5.74, 6) is -0.106. The van der Waals surface area contributed by atoms with Gasteiger partial charge in [-0.2, -0.15) is 0 Å². The van der Waals surface area contributed by atoms with Gasteiger partial charge in [-0.05, 0) is 17.0 Å². The van der Waals surface area contributed by atoms with Crippen molar-refractivity contribution in [2.45, 2.75) is 13.3 Å². The Morgan fingerprint density at radius 3 is 2.33 bits per heavy atom. The first-order chi connectivity index (χ1) is 13.1. The zero-order chi connectivity index (χ0) is 19.2. The van der Waals surface area contributed by atoms with Gasteiger partial charge >= 0.3 is 0 Å². The molecule has 3 rings (SSSR count). The maximum Gasteiger partial charge on any atom is 0.262 e. The molecule has 1 aliphatic rings. The maximum atomic E-state index is 12.5. The number of amides is 3. The lowest BCUT2D eigenvalue weighted by Gasteiger charge is -2.34. The van der Waals surface area contributed by atoms with E-state index in [1.54, 1.807) is 16.7 Å². The van der Waals surface area contributed by atoms with Crippen molar-refractivity contribution in [2.24, 2.45) is 0 Å². The average Bonchev–Trinajstić information content (AvgIpc) is 3.18. The fourth-order valence-corrected chi connectivity index (χ4v) is 3.95. The van der Waals surface area contributed by atoms with E-state index in [4.69, 9.17) is 0 Å². The molecule has 142 valence electrons. The van der Waals surface area contributed by atoms with Gasteiger partial charge in [0.25, 0.3) is 5.91 Å². The first-order valence-electron chi connectivity index (χ1n) is 9.00. The lowest BCUT2D eigenvalue weighted by atomic mass is 10.1. The lowest BCUT2D eigenvalue weighted by Crippen LogP contribution is -2.50. The molecule has 0 radical (unpaired) electrons. The highest BCUT2D eigenvalue weighted by Gasteiger charge is 2.22. The molecule has 27 heavy (non-hydrogen) atoms. The normalized spacial score (nSPS) is 14.1. The van der Waals surface area contributed by atoms with Crippen LogP contribution in [0.15, 0.2) is 41.8 Å². The van der Waals surface area contributed by atoms with Gasteiger partial charge in [-0.25, -0.2) is 0 Å². The molecule has 7 heteroatoms. The summed E-state index contributed by atoms with van der Waals surface area (Å²) >= 11 is 1.40. The number of nitrogens with zero attached hydrogens (tertiary/aromatic N) is 2. The Morgan fingerprint density at radius 1 is 1.00 bits per heavy atom. The van der Waals surface area contributed by atoms with Gasteiger partial charge in [0.15, 0.2) is 0 Å². The maximum absolute atomic E-state index is 12.5. The summed E-state index contributed by atoms with van der Waals surface area (Å²) < 4.78 is 0. The van der Waals surface area contributed by atoms with E-state index in [9.17, 15) is 14.4 Å². The zero-order valence-electron chi connectivity index (χ0n) is 15.3. The molecule has 1 saturated heterocycles. The lowest BCUT2D eigenvalue weighted by molar-refractivity contribution is -0.138. The molecule has 2 aromatic rings. The summed E-state index contributed by atoms with van der Waals surface area (Å²) in [6, 6.07) is 11.7. The number of carbonyl (C=O) groups is 3. The van der Waals surface area contributed by atoms with Crippen molar-refractivity contribution in [3.05, 3.63) is 46.7 Å². The van der Waals surface area contributed by atoms with Crippen LogP contribution in [0.25, 0.3) is 11.1 Å². The number of piperazine rings is 1. The van der Waals surface area contributed by atoms with Crippen molar-refractivity contribution < 1.29 is 14.4 Å². The van der Waals surface area contributed by atoms with Crippen LogP contribution in [0.4, 0.5) is 0 Å². The fraction of sp³-hybridized carbons (Fsp3) is 0.350. The van der Waals surface area contributed by atoms with Crippen LogP contribution >= 0.6 is 11.3 Å². The van der Waals surface area contributed by atoms with E-state index in [0.29, 0.717) is 37.6 Å². The van der Waals surface area contributed by atoms with E-state index in [1.165, 1.54) is 11.3 Å². The molecule has 0 unspecified atom stereocenters. The zero-order valence-corrected chi connectivity index (χ0v) is 16.1. The summed E-state index contributed by atoms with van der Waals surface area (Å²) in [5.41, 5.74) is 1.91. The van der Waals surface area contributed by atoms with Crippen LogP contribution in [0, 0.1) is 0 Å². The van der Waals surface area contributed by atoms with E-state index in [-0.39, 0.29) is 24.1 Å². The standard InChI is InChI=1S/C20H23N3O3S/c1-15(24)22-10-12-23(13-11-22)18(25)7-9-21-20(26)19-17(8-14-27-19)16-5-3-2-4-6-16/h2-6,8,14H,7,9-13H2,1H3,(H,21,26). The summed E-state index contributed by atoms with van der Waals surface area (Å²) in [4.78, 5) is 40.3. The van der Waals surface area contributed by atoms with Gasteiger partial charge in [0.2, 0.25) is 11.8 Å². The molecule has 0 saturated carbocycles. The molecule has 1 N–H and O–H groups in total. The number of benzene rings is 1. The second-order valence-electron chi connectivity index (χ2n) is 6.42. The van der Waals surface area contributed by atoms with Crippen LogP contribution in [0.3, 0.4) is 0 Å². The van der Waals surface area contributed by atoms with E-state index in [0.717, 1.165) is 11.1 Å². The monoisotopic (exact) mass is 385 g/mol.